The highest BCUT2D eigenvalue weighted by atomic mass is 16.5. The minimum Gasteiger partial charge on any atom is -0.497 e. The zero-order chi connectivity index (χ0) is 21.7. The standard InChI is InChI=1S/C28H40N2O/c1-3-4-5-6-7-11-20-29-23-30-21-18-26(19-22-30)28(24-12-9-8-10-13-24)25-14-16-27(31-2)17-15-25/h8-10,12-17,23,26,28H,3-7,11,18-22H2,1-2H3/b29-23+. The summed E-state index contributed by atoms with van der Waals surface area (Å²) in [5.74, 6) is 2.01. The van der Waals surface area contributed by atoms with Crippen molar-refractivity contribution in [2.75, 3.05) is 26.7 Å². The highest BCUT2D eigenvalue weighted by Gasteiger charge is 2.28. The van der Waals surface area contributed by atoms with Gasteiger partial charge >= 0.3 is 0 Å². The number of hydrogen-bond acceptors (Lipinski definition) is 2. The minimum atomic E-state index is 0.439. The Hall–Kier alpha value is -2.29. The summed E-state index contributed by atoms with van der Waals surface area (Å²) in [6.07, 6.45) is 12.5. The van der Waals surface area contributed by atoms with E-state index in [1.165, 1.54) is 62.5 Å². The molecule has 1 aliphatic heterocycles. The first kappa shape index (κ1) is 23.4. The van der Waals surface area contributed by atoms with Gasteiger partial charge in [0.15, 0.2) is 0 Å². The molecule has 2 aromatic rings. The van der Waals surface area contributed by atoms with E-state index in [0.717, 1.165) is 25.4 Å². The van der Waals surface area contributed by atoms with Gasteiger partial charge in [-0.1, -0.05) is 81.5 Å². The summed E-state index contributed by atoms with van der Waals surface area (Å²) in [6.45, 7) is 5.45. The van der Waals surface area contributed by atoms with Crippen LogP contribution in [0.4, 0.5) is 0 Å². The van der Waals surface area contributed by atoms with Crippen molar-refractivity contribution in [1.82, 2.24) is 4.90 Å². The van der Waals surface area contributed by atoms with E-state index in [4.69, 9.17) is 9.73 Å². The predicted molar refractivity (Wildman–Crippen MR) is 132 cm³/mol. The maximum absolute atomic E-state index is 5.37. The van der Waals surface area contributed by atoms with Crippen molar-refractivity contribution in [3.8, 4) is 5.75 Å². The van der Waals surface area contributed by atoms with Crippen molar-refractivity contribution in [2.45, 2.75) is 64.2 Å². The van der Waals surface area contributed by atoms with Gasteiger partial charge in [0, 0.05) is 25.6 Å². The Morgan fingerprint density at radius 3 is 2.23 bits per heavy atom. The quantitative estimate of drug-likeness (QED) is 0.211. The molecule has 1 heterocycles. The highest BCUT2D eigenvalue weighted by molar-refractivity contribution is 5.55. The Balaban J connectivity index is 1.53. The number of nitrogens with zero attached hydrogens (tertiary/aromatic N) is 2. The predicted octanol–water partition coefficient (Wildman–Crippen LogP) is 6.93. The van der Waals surface area contributed by atoms with Crippen molar-refractivity contribution in [2.24, 2.45) is 10.9 Å². The van der Waals surface area contributed by atoms with Crippen LogP contribution < -0.4 is 4.74 Å². The van der Waals surface area contributed by atoms with E-state index in [-0.39, 0.29) is 0 Å². The Morgan fingerprint density at radius 2 is 1.55 bits per heavy atom. The van der Waals surface area contributed by atoms with Gasteiger partial charge in [-0.25, -0.2) is 0 Å². The number of rotatable bonds is 12. The molecule has 3 nitrogen and oxygen atoms in total. The second-order valence-corrected chi connectivity index (χ2v) is 8.82. The smallest absolute Gasteiger partial charge is 0.118 e. The van der Waals surface area contributed by atoms with Crippen molar-refractivity contribution in [3.05, 3.63) is 65.7 Å². The molecule has 0 saturated carbocycles. The SMILES string of the molecule is CCCCCCCC/N=C/N1CCC(C(c2ccccc2)c2ccc(OC)cc2)CC1. The lowest BCUT2D eigenvalue weighted by Crippen LogP contribution is -2.35. The zero-order valence-electron chi connectivity index (χ0n) is 19.5. The van der Waals surface area contributed by atoms with E-state index in [2.05, 4.69) is 72.8 Å². The Kier molecular flexibility index (Phi) is 9.95. The molecule has 3 rings (SSSR count). The van der Waals surface area contributed by atoms with Gasteiger partial charge in [-0.15, -0.1) is 0 Å². The summed E-state index contributed by atoms with van der Waals surface area (Å²) >= 11 is 0. The zero-order valence-corrected chi connectivity index (χ0v) is 19.5. The molecule has 1 fully saturated rings. The molecule has 1 atom stereocenters. The number of ether oxygens (including phenoxy) is 1. The molecule has 2 aromatic carbocycles. The molecule has 0 bridgehead atoms. The van der Waals surface area contributed by atoms with Crippen molar-refractivity contribution >= 4 is 6.34 Å². The van der Waals surface area contributed by atoms with Gasteiger partial charge in [0.05, 0.1) is 13.4 Å². The third kappa shape index (κ3) is 7.41. The Bertz CT molecular complexity index is 748. The summed E-state index contributed by atoms with van der Waals surface area (Å²) in [5, 5.41) is 0. The number of benzene rings is 2. The van der Waals surface area contributed by atoms with E-state index in [9.17, 15) is 0 Å². The first-order valence-electron chi connectivity index (χ1n) is 12.2. The summed E-state index contributed by atoms with van der Waals surface area (Å²) in [6, 6.07) is 19.7. The first-order chi connectivity index (χ1) is 15.3. The lowest BCUT2D eigenvalue weighted by Gasteiger charge is -2.36. The Morgan fingerprint density at radius 1 is 0.903 bits per heavy atom. The topological polar surface area (TPSA) is 24.8 Å². The monoisotopic (exact) mass is 420 g/mol. The van der Waals surface area contributed by atoms with Crippen LogP contribution in [0.5, 0.6) is 5.75 Å². The second-order valence-electron chi connectivity index (χ2n) is 8.82. The number of unbranched alkanes of at least 4 members (excludes halogenated alkanes) is 5. The molecule has 0 aromatic heterocycles. The van der Waals surface area contributed by atoms with Crippen LogP contribution in [0.1, 0.15) is 75.3 Å². The van der Waals surface area contributed by atoms with Gasteiger partial charge in [0.1, 0.15) is 5.75 Å². The first-order valence-corrected chi connectivity index (χ1v) is 12.2. The van der Waals surface area contributed by atoms with Gasteiger partial charge in [-0.05, 0) is 48.4 Å². The molecule has 168 valence electrons. The lowest BCUT2D eigenvalue weighted by molar-refractivity contribution is 0.254. The fourth-order valence-corrected chi connectivity index (χ4v) is 4.73. The third-order valence-corrected chi connectivity index (χ3v) is 6.56. The van der Waals surface area contributed by atoms with Crippen LogP contribution in [-0.4, -0.2) is 38.0 Å². The average molecular weight is 421 g/mol. The van der Waals surface area contributed by atoms with Gasteiger partial charge in [-0.2, -0.15) is 0 Å². The van der Waals surface area contributed by atoms with Crippen LogP contribution in [0.3, 0.4) is 0 Å². The fraction of sp³-hybridized carbons (Fsp3) is 0.536. The number of aliphatic imine (C=N–C) groups is 1. The van der Waals surface area contributed by atoms with E-state index < -0.39 is 0 Å². The van der Waals surface area contributed by atoms with Crippen LogP contribution in [-0.2, 0) is 0 Å². The molecule has 3 heteroatoms. The highest BCUT2D eigenvalue weighted by Crippen LogP contribution is 2.38. The molecular formula is C28H40N2O. The molecular weight excluding hydrogens is 380 g/mol. The molecule has 0 N–H and O–H groups in total. The molecule has 1 aliphatic rings. The van der Waals surface area contributed by atoms with Crippen LogP contribution in [0, 0.1) is 5.92 Å². The maximum atomic E-state index is 5.37. The van der Waals surface area contributed by atoms with Crippen molar-refractivity contribution in [3.63, 3.8) is 0 Å². The third-order valence-electron chi connectivity index (χ3n) is 6.56. The van der Waals surface area contributed by atoms with Gasteiger partial charge in [0.25, 0.3) is 0 Å². The lowest BCUT2D eigenvalue weighted by atomic mass is 9.76. The van der Waals surface area contributed by atoms with Crippen LogP contribution in [0.15, 0.2) is 59.6 Å². The fourth-order valence-electron chi connectivity index (χ4n) is 4.73. The van der Waals surface area contributed by atoms with Crippen LogP contribution in [0.2, 0.25) is 0 Å². The van der Waals surface area contributed by atoms with Gasteiger partial charge in [0.2, 0.25) is 0 Å². The summed E-state index contributed by atoms with van der Waals surface area (Å²) in [7, 11) is 1.73. The van der Waals surface area contributed by atoms with Gasteiger partial charge in [-0.3, -0.25) is 4.99 Å². The molecule has 1 saturated heterocycles. The molecule has 0 aliphatic carbocycles. The summed E-state index contributed by atoms with van der Waals surface area (Å²) in [4.78, 5) is 7.13. The van der Waals surface area contributed by atoms with E-state index in [1.807, 2.05) is 0 Å². The number of likely N-dealkylation sites (tertiary alicyclic amines) is 1. The van der Waals surface area contributed by atoms with E-state index in [0.29, 0.717) is 11.8 Å². The minimum absolute atomic E-state index is 0.439. The van der Waals surface area contributed by atoms with Crippen molar-refractivity contribution < 1.29 is 4.74 Å². The van der Waals surface area contributed by atoms with Crippen LogP contribution in [0.25, 0.3) is 0 Å². The summed E-state index contributed by atoms with van der Waals surface area (Å²) < 4.78 is 5.37. The summed E-state index contributed by atoms with van der Waals surface area (Å²) in [5.41, 5.74) is 2.81. The molecule has 31 heavy (non-hydrogen) atoms. The van der Waals surface area contributed by atoms with E-state index in [1.54, 1.807) is 7.11 Å². The normalized spacial score (nSPS) is 16.0. The molecule has 0 amide bonds. The number of hydrogen-bond donors (Lipinski definition) is 0. The average Bonchev–Trinajstić information content (AvgIpc) is 2.83. The largest absolute Gasteiger partial charge is 0.497 e. The van der Waals surface area contributed by atoms with Crippen molar-refractivity contribution in [1.29, 1.82) is 0 Å². The Labute approximate surface area is 189 Å². The molecule has 0 spiro atoms. The number of piperidine rings is 1. The maximum Gasteiger partial charge on any atom is 0.118 e. The molecule has 1 unspecified atom stereocenters. The molecule has 0 radical (unpaired) electrons. The van der Waals surface area contributed by atoms with Crippen LogP contribution >= 0.6 is 0 Å². The van der Waals surface area contributed by atoms with E-state index >= 15 is 0 Å². The second kappa shape index (κ2) is 13.2. The number of methoxy groups -OCH3 is 1. The van der Waals surface area contributed by atoms with Gasteiger partial charge < -0.3 is 9.64 Å².